The molecule has 3 aliphatic heterocycles. The number of hydrogen-bond acceptors (Lipinski definition) is 3. The largest absolute Gasteiger partial charge is 0.309 e. The van der Waals surface area contributed by atoms with Crippen molar-refractivity contribution in [3.63, 3.8) is 0 Å². The monoisotopic (exact) mass is 679 g/mol. The molecule has 0 amide bonds. The molecular weight excluding hydrogens is 650 g/mol. The van der Waals surface area contributed by atoms with Crippen molar-refractivity contribution < 1.29 is 0 Å². The van der Waals surface area contributed by atoms with Crippen molar-refractivity contribution in [2.24, 2.45) is 0 Å². The first-order chi connectivity index (χ1) is 25.8. The zero-order chi connectivity index (χ0) is 33.9. The van der Waals surface area contributed by atoms with Gasteiger partial charge in [-0.15, -0.1) is 0 Å². The molecule has 0 saturated heterocycles. The molecule has 0 aliphatic carbocycles. The Morgan fingerprint density at radius 3 is 0.981 bits per heavy atom. The van der Waals surface area contributed by atoms with Crippen molar-refractivity contribution in [3.8, 4) is 0 Å². The minimum absolute atomic E-state index is 0.866. The maximum atomic E-state index is 2.55. The molecular formula is C48H30N3P. The quantitative estimate of drug-likeness (QED) is 0.136. The molecule has 0 unspecified atom stereocenters. The molecule has 0 aromatic heterocycles. The highest BCUT2D eigenvalue weighted by atomic mass is 31.1. The lowest BCUT2D eigenvalue weighted by Crippen LogP contribution is -2.45. The third-order valence-electron chi connectivity index (χ3n) is 11.1. The van der Waals surface area contributed by atoms with E-state index in [-0.39, 0.29) is 0 Å². The number of hydrogen-bond donors (Lipinski definition) is 0. The summed E-state index contributed by atoms with van der Waals surface area (Å²) < 4.78 is 0. The molecule has 0 atom stereocenters. The molecule has 4 heteroatoms. The molecule has 0 bridgehead atoms. The number of anilines is 9. The van der Waals surface area contributed by atoms with Gasteiger partial charge in [0.15, 0.2) is 0 Å². The van der Waals surface area contributed by atoms with Crippen molar-refractivity contribution in [1.82, 2.24) is 0 Å². The number of nitrogens with zero attached hydrogens (tertiary/aromatic N) is 3. The van der Waals surface area contributed by atoms with Crippen molar-refractivity contribution in [3.05, 3.63) is 182 Å². The highest BCUT2D eigenvalue weighted by Gasteiger charge is 2.46. The second kappa shape index (κ2) is 10.6. The topological polar surface area (TPSA) is 9.72 Å². The zero-order valence-corrected chi connectivity index (χ0v) is 29.0. The van der Waals surface area contributed by atoms with Crippen LogP contribution in [0, 0.1) is 0 Å². The van der Waals surface area contributed by atoms with Gasteiger partial charge in [0.25, 0.3) is 0 Å². The fourth-order valence-electron chi connectivity index (χ4n) is 9.08. The smallest absolute Gasteiger partial charge is 0.0566 e. The van der Waals surface area contributed by atoms with E-state index in [0.29, 0.717) is 0 Å². The van der Waals surface area contributed by atoms with Gasteiger partial charge in [0.05, 0.1) is 34.1 Å². The molecule has 3 aliphatic rings. The van der Waals surface area contributed by atoms with Gasteiger partial charge in [-0.3, -0.25) is 0 Å². The van der Waals surface area contributed by atoms with E-state index >= 15 is 0 Å². The summed E-state index contributed by atoms with van der Waals surface area (Å²) in [6, 6.07) is 67.4. The fourth-order valence-corrected chi connectivity index (χ4v) is 12.2. The third-order valence-corrected chi connectivity index (χ3v) is 13.8. The summed E-state index contributed by atoms with van der Waals surface area (Å²) in [5.41, 5.74) is 11.1. The molecule has 9 aromatic carbocycles. The van der Waals surface area contributed by atoms with Crippen LogP contribution in [0.2, 0.25) is 0 Å². The van der Waals surface area contributed by atoms with Crippen molar-refractivity contribution >= 4 is 107 Å². The van der Waals surface area contributed by atoms with Crippen molar-refractivity contribution in [2.75, 3.05) is 14.7 Å². The van der Waals surface area contributed by atoms with Gasteiger partial charge in [0.2, 0.25) is 0 Å². The Bertz CT molecular complexity index is 2790. The van der Waals surface area contributed by atoms with E-state index in [4.69, 9.17) is 0 Å². The van der Waals surface area contributed by atoms with Gasteiger partial charge in [-0.25, -0.2) is 0 Å². The minimum Gasteiger partial charge on any atom is -0.309 e. The Kier molecular flexibility index (Phi) is 5.75. The van der Waals surface area contributed by atoms with E-state index in [0.717, 1.165) is 0 Å². The Hall–Kier alpha value is -6.41. The van der Waals surface area contributed by atoms with E-state index < -0.39 is 7.92 Å². The van der Waals surface area contributed by atoms with Crippen LogP contribution >= 0.6 is 7.92 Å². The first kappa shape index (κ1) is 28.3. The molecule has 9 aromatic rings. The van der Waals surface area contributed by atoms with Crippen molar-refractivity contribution in [2.45, 2.75) is 0 Å². The van der Waals surface area contributed by atoms with Crippen LogP contribution in [-0.4, -0.2) is 0 Å². The summed E-state index contributed by atoms with van der Waals surface area (Å²) in [6.45, 7) is 0. The summed E-state index contributed by atoms with van der Waals surface area (Å²) in [7, 11) is -0.866. The minimum atomic E-state index is -0.866. The van der Waals surface area contributed by atoms with E-state index in [2.05, 4.69) is 197 Å². The molecule has 0 fully saturated rings. The lowest BCUT2D eigenvalue weighted by Gasteiger charge is -2.50. The standard InChI is InChI=1S/C48H30N3P/c1-3-14-31(15-4-1)49-40-22-11-23-41-46(40)52-47-42(49)24-12-26-44(47)51(45-27-13-25-43(48(45)52)50(41)32-16-5-2-6-17-32)33-28-29-38-36-20-8-7-18-34(36)35-19-9-10-21-37(35)39(38)30-33/h1-30H. The van der Waals surface area contributed by atoms with Crippen LogP contribution in [0.5, 0.6) is 0 Å². The maximum absolute atomic E-state index is 2.55. The average molecular weight is 680 g/mol. The van der Waals surface area contributed by atoms with Crippen LogP contribution < -0.4 is 30.6 Å². The second-order valence-electron chi connectivity index (χ2n) is 13.8. The van der Waals surface area contributed by atoms with Crippen LogP contribution in [0.4, 0.5) is 51.2 Å². The molecule has 3 nitrogen and oxygen atoms in total. The third kappa shape index (κ3) is 3.68. The van der Waals surface area contributed by atoms with Crippen LogP contribution in [0.3, 0.4) is 0 Å². The lowest BCUT2D eigenvalue weighted by atomic mass is 9.94. The van der Waals surface area contributed by atoms with E-state index in [9.17, 15) is 0 Å². The maximum Gasteiger partial charge on any atom is 0.0566 e. The SMILES string of the molecule is c1ccc(N2c3cccc4c3P3c5c2cccc5N(c2ccc5c6ccccc6c6ccccc6c5c2)c2cccc(c23)N4c2ccccc2)cc1. The van der Waals surface area contributed by atoms with Crippen LogP contribution in [-0.2, 0) is 0 Å². The van der Waals surface area contributed by atoms with Gasteiger partial charge in [0, 0.05) is 40.9 Å². The normalized spacial score (nSPS) is 14.0. The van der Waals surface area contributed by atoms with Gasteiger partial charge in [-0.2, -0.15) is 0 Å². The molecule has 12 rings (SSSR count). The van der Waals surface area contributed by atoms with Gasteiger partial charge < -0.3 is 14.7 Å². The van der Waals surface area contributed by atoms with Gasteiger partial charge in [-0.1, -0.05) is 109 Å². The lowest BCUT2D eigenvalue weighted by molar-refractivity contribution is 1.23. The summed E-state index contributed by atoms with van der Waals surface area (Å²) >= 11 is 0. The van der Waals surface area contributed by atoms with Crippen LogP contribution in [0.25, 0.3) is 32.3 Å². The number of fused-ring (bicyclic) bond motifs is 6. The molecule has 0 radical (unpaired) electrons. The number of benzene rings is 9. The number of rotatable bonds is 3. The van der Waals surface area contributed by atoms with Crippen molar-refractivity contribution in [1.29, 1.82) is 0 Å². The highest BCUT2D eigenvalue weighted by molar-refractivity contribution is 7.82. The Labute approximate surface area is 303 Å². The Morgan fingerprint density at radius 2 is 0.577 bits per heavy atom. The van der Waals surface area contributed by atoms with E-state index in [1.54, 1.807) is 0 Å². The molecule has 52 heavy (non-hydrogen) atoms. The number of para-hydroxylation sites is 2. The molecule has 0 spiro atoms. The predicted octanol–water partition coefficient (Wildman–Crippen LogP) is 12.3. The zero-order valence-electron chi connectivity index (χ0n) is 28.1. The van der Waals surface area contributed by atoms with Crippen LogP contribution in [0.15, 0.2) is 182 Å². The first-order valence-electron chi connectivity index (χ1n) is 17.9. The average Bonchev–Trinajstić information content (AvgIpc) is 3.22. The van der Waals surface area contributed by atoms with Gasteiger partial charge >= 0.3 is 0 Å². The summed E-state index contributed by atoms with van der Waals surface area (Å²) in [5.74, 6) is 0. The van der Waals surface area contributed by atoms with Gasteiger partial charge in [-0.05, 0) is 105 Å². The highest BCUT2D eigenvalue weighted by Crippen LogP contribution is 2.62. The fraction of sp³-hybridized carbons (Fsp3) is 0. The van der Waals surface area contributed by atoms with Gasteiger partial charge in [0.1, 0.15) is 0 Å². The summed E-state index contributed by atoms with van der Waals surface area (Å²) in [4.78, 5) is 7.54. The Balaban J connectivity index is 1.20. The van der Waals surface area contributed by atoms with E-state index in [1.165, 1.54) is 99.4 Å². The molecule has 3 heterocycles. The molecule has 0 N–H and O–H groups in total. The summed E-state index contributed by atoms with van der Waals surface area (Å²) in [6.07, 6.45) is 0. The van der Waals surface area contributed by atoms with E-state index in [1.807, 2.05) is 0 Å². The predicted molar refractivity (Wildman–Crippen MR) is 222 cm³/mol. The molecule has 0 saturated carbocycles. The Morgan fingerprint density at radius 1 is 0.250 bits per heavy atom. The first-order valence-corrected chi connectivity index (χ1v) is 19.2. The summed E-state index contributed by atoms with van der Waals surface area (Å²) in [5, 5.41) is 12.0. The van der Waals surface area contributed by atoms with Crippen LogP contribution in [0.1, 0.15) is 0 Å². The second-order valence-corrected chi connectivity index (χ2v) is 15.8. The molecule has 242 valence electrons.